The maximum Gasteiger partial charge on any atom is 3.00 e. The van der Waals surface area contributed by atoms with Gasteiger partial charge in [0.15, 0.2) is 0 Å². The van der Waals surface area contributed by atoms with Gasteiger partial charge in [-0.3, -0.25) is 4.98 Å². The maximum absolute atomic E-state index is 8.82. The van der Waals surface area contributed by atoms with Crippen molar-refractivity contribution < 1.29 is 20.1 Å². The molecule has 0 saturated carbocycles. The van der Waals surface area contributed by atoms with E-state index in [0.29, 0.717) is 11.8 Å². The first-order valence-corrected chi connectivity index (χ1v) is 18.4. The van der Waals surface area contributed by atoms with Crippen molar-refractivity contribution in [3.63, 3.8) is 0 Å². The van der Waals surface area contributed by atoms with Crippen LogP contribution in [-0.4, -0.2) is 16.7 Å². The van der Waals surface area contributed by atoms with Crippen LogP contribution in [0.25, 0.3) is 63.7 Å². The Bertz CT molecular complexity index is 2260. The molecule has 0 fully saturated rings. The number of hydrogen-bond acceptors (Lipinski definition) is 2. The van der Waals surface area contributed by atoms with Crippen LogP contribution in [0, 0.1) is 6.07 Å². The summed E-state index contributed by atoms with van der Waals surface area (Å²) in [6, 6.07) is 26.7. The minimum Gasteiger partial charge on any atom is -0.808 e. The molecule has 0 bridgehead atoms. The molecule has 0 radical (unpaired) electrons. The molecule has 0 N–H and O–H groups in total. The van der Waals surface area contributed by atoms with E-state index in [2.05, 4.69) is 121 Å². The number of fused-ring (bicyclic) bond motifs is 7. The molecule has 0 spiro atoms. The van der Waals surface area contributed by atoms with Crippen LogP contribution in [0.1, 0.15) is 106 Å². The van der Waals surface area contributed by atoms with Gasteiger partial charge >= 0.3 is 20.1 Å². The van der Waals surface area contributed by atoms with E-state index in [4.69, 9.17) is 10.4 Å². The van der Waals surface area contributed by atoms with Crippen LogP contribution in [0.15, 0.2) is 78.6 Å². The Balaban J connectivity index is 0.000000388. The molecule has 260 valence electrons. The van der Waals surface area contributed by atoms with Crippen LogP contribution in [0.2, 0.25) is 0 Å². The van der Waals surface area contributed by atoms with Crippen molar-refractivity contribution in [3.8, 4) is 11.3 Å². The van der Waals surface area contributed by atoms with Gasteiger partial charge in [-0.1, -0.05) is 124 Å². The molecule has 6 aromatic rings. The second kappa shape index (κ2) is 14.0. The SMILES string of the molecule is CC(=[N-])/C=C(/C)[N-]C(C)C.CC(C)(C)c1cc(-c2nccc3cc4sc5c6c(ccc5c4cc23)C(C)(C)CCC6(C)C)[c-]c2ccccc12.[Ir+3]. The Kier molecular flexibility index (Phi) is 10.6. The molecule has 5 heteroatoms. The van der Waals surface area contributed by atoms with Crippen LogP contribution in [-0.2, 0) is 36.4 Å². The number of pyridine rings is 1. The number of hydrogen-bond donors (Lipinski definition) is 0. The molecular formula is C45H50IrN3S. The fourth-order valence-electron chi connectivity index (χ4n) is 7.57. The van der Waals surface area contributed by atoms with E-state index in [1.165, 1.54) is 60.3 Å². The number of aromatic nitrogens is 1. The van der Waals surface area contributed by atoms with Gasteiger partial charge in [-0.15, -0.1) is 52.6 Å². The van der Waals surface area contributed by atoms with Gasteiger partial charge in [0.25, 0.3) is 0 Å². The summed E-state index contributed by atoms with van der Waals surface area (Å²) in [7, 11) is 0. The third-order valence-electron chi connectivity index (χ3n) is 10.0. The molecule has 50 heavy (non-hydrogen) atoms. The van der Waals surface area contributed by atoms with Crippen molar-refractivity contribution in [2.24, 2.45) is 0 Å². The summed E-state index contributed by atoms with van der Waals surface area (Å²) in [4.78, 5) is 4.96. The molecule has 1 aliphatic carbocycles. The number of allylic oxidation sites excluding steroid dienone is 2. The predicted octanol–water partition coefficient (Wildman–Crippen LogP) is 13.6. The van der Waals surface area contributed by atoms with E-state index < -0.39 is 0 Å². The molecule has 2 aromatic heterocycles. The van der Waals surface area contributed by atoms with Gasteiger partial charge in [0.2, 0.25) is 0 Å². The summed E-state index contributed by atoms with van der Waals surface area (Å²) in [6.07, 6.45) is 6.08. The van der Waals surface area contributed by atoms with Gasteiger partial charge in [0, 0.05) is 32.1 Å². The average Bonchev–Trinajstić information content (AvgIpc) is 3.37. The van der Waals surface area contributed by atoms with Crippen molar-refractivity contribution in [1.82, 2.24) is 4.98 Å². The van der Waals surface area contributed by atoms with E-state index in [1.807, 2.05) is 38.3 Å². The van der Waals surface area contributed by atoms with Crippen molar-refractivity contribution in [1.29, 1.82) is 0 Å². The van der Waals surface area contributed by atoms with Gasteiger partial charge in [-0.2, -0.15) is 11.4 Å². The Morgan fingerprint density at radius 3 is 2.28 bits per heavy atom. The van der Waals surface area contributed by atoms with Gasteiger partial charge in [0.1, 0.15) is 0 Å². The number of thiophene rings is 1. The molecule has 0 aliphatic heterocycles. The molecule has 0 amide bonds. The Morgan fingerprint density at radius 1 is 0.900 bits per heavy atom. The van der Waals surface area contributed by atoms with Gasteiger partial charge in [0.05, 0.1) is 0 Å². The predicted molar refractivity (Wildman–Crippen MR) is 217 cm³/mol. The Hall–Kier alpha value is -3.37. The van der Waals surface area contributed by atoms with E-state index >= 15 is 0 Å². The second-order valence-corrected chi connectivity index (χ2v) is 17.6. The third kappa shape index (κ3) is 7.33. The fourth-order valence-corrected chi connectivity index (χ4v) is 9.03. The summed E-state index contributed by atoms with van der Waals surface area (Å²) < 4.78 is 2.83. The topological polar surface area (TPSA) is 49.3 Å². The van der Waals surface area contributed by atoms with Crippen molar-refractivity contribution in [3.05, 3.63) is 112 Å². The average molecular weight is 857 g/mol. The molecule has 0 saturated heterocycles. The van der Waals surface area contributed by atoms with E-state index in [9.17, 15) is 0 Å². The number of nitrogens with zero attached hydrogens (tertiary/aromatic N) is 3. The number of benzene rings is 4. The van der Waals surface area contributed by atoms with E-state index in [1.54, 1.807) is 18.6 Å². The van der Waals surface area contributed by atoms with Gasteiger partial charge in [-0.25, -0.2) is 0 Å². The maximum atomic E-state index is 8.82. The normalized spacial score (nSPS) is 15.5. The van der Waals surface area contributed by atoms with Gasteiger partial charge < -0.3 is 10.7 Å². The number of rotatable bonds is 4. The summed E-state index contributed by atoms with van der Waals surface area (Å²) in [5.41, 5.74) is 8.12. The quantitative estimate of drug-likeness (QED) is 0.129. The van der Waals surface area contributed by atoms with Crippen LogP contribution in [0.4, 0.5) is 0 Å². The smallest absolute Gasteiger partial charge is 0.808 e. The first-order chi connectivity index (χ1) is 23.0. The van der Waals surface area contributed by atoms with Crippen LogP contribution >= 0.6 is 11.3 Å². The van der Waals surface area contributed by atoms with Crippen LogP contribution in [0.5, 0.6) is 0 Å². The first-order valence-electron chi connectivity index (χ1n) is 17.6. The summed E-state index contributed by atoms with van der Waals surface area (Å²) in [5.74, 6) is 0. The summed E-state index contributed by atoms with van der Waals surface area (Å²) >= 11 is 1.98. The Labute approximate surface area is 316 Å². The van der Waals surface area contributed by atoms with Crippen LogP contribution in [0.3, 0.4) is 0 Å². The fraction of sp³-hybridized carbons (Fsp3) is 0.378. The minimum atomic E-state index is 0. The van der Waals surface area contributed by atoms with Crippen molar-refractivity contribution >= 4 is 58.8 Å². The molecule has 0 unspecified atom stereocenters. The van der Waals surface area contributed by atoms with Crippen molar-refractivity contribution in [2.45, 2.75) is 111 Å². The molecule has 0 atom stereocenters. The monoisotopic (exact) mass is 857 g/mol. The summed E-state index contributed by atoms with van der Waals surface area (Å²) in [5, 5.41) is 20.6. The van der Waals surface area contributed by atoms with Crippen molar-refractivity contribution in [2.75, 3.05) is 0 Å². The summed E-state index contributed by atoms with van der Waals surface area (Å²) in [6.45, 7) is 24.1. The van der Waals surface area contributed by atoms with Gasteiger partial charge in [-0.05, 0) is 63.1 Å². The van der Waals surface area contributed by atoms with E-state index in [0.717, 1.165) is 22.3 Å². The minimum absolute atomic E-state index is 0. The molecule has 7 rings (SSSR count). The molecule has 2 heterocycles. The standard InChI is InChI=1S/C37H36NS.C8H14N2.Ir/c1-35(2,3)30-19-24(18-22-10-8-9-11-25(22)30)33-27-21-28-26-12-13-29-32(37(6,7)16-15-36(29,4)5)34(26)39-31(28)20-23(27)14-17-38-33;1-6(2)10-8(4)5-7(3)9;/h8-14,17,19-21H,15-16H2,1-7H3;5-6H,1-4H3;/q-1;-2;+3/b;8-5-;. The molecule has 4 aromatic carbocycles. The molecule has 1 aliphatic rings. The molecule has 3 nitrogen and oxygen atoms in total. The second-order valence-electron chi connectivity index (χ2n) is 16.5. The van der Waals surface area contributed by atoms with Crippen LogP contribution < -0.4 is 0 Å². The largest absolute Gasteiger partial charge is 3.00 e. The Morgan fingerprint density at radius 2 is 1.60 bits per heavy atom. The molecular weight excluding hydrogens is 807 g/mol. The zero-order chi connectivity index (χ0) is 35.5. The third-order valence-corrected chi connectivity index (χ3v) is 11.2. The first kappa shape index (κ1) is 37.9. The van der Waals surface area contributed by atoms with E-state index in [-0.39, 0.29) is 36.4 Å². The zero-order valence-electron chi connectivity index (χ0n) is 31.5. The zero-order valence-corrected chi connectivity index (χ0v) is 34.7.